The quantitative estimate of drug-likeness (QED) is 0.587. The van der Waals surface area contributed by atoms with Crippen molar-refractivity contribution in [2.45, 2.75) is 25.3 Å². The van der Waals surface area contributed by atoms with Gasteiger partial charge in [0.15, 0.2) is 0 Å². The molecule has 5 heteroatoms. The number of aryl methyl sites for hydroxylation is 1. The Morgan fingerprint density at radius 3 is 3.06 bits per heavy atom. The zero-order chi connectivity index (χ0) is 12.1. The number of alkyl halides is 1. The molecule has 0 bridgehead atoms. The van der Waals surface area contributed by atoms with Crippen molar-refractivity contribution < 1.29 is 4.74 Å². The number of halogens is 1. The number of rotatable bonds is 6. The molecular formula is C12H16ClN3O. The minimum atomic E-state index is 0.430. The summed E-state index contributed by atoms with van der Waals surface area (Å²) in [6.45, 7) is 1.72. The first-order valence-corrected chi connectivity index (χ1v) is 6.24. The van der Waals surface area contributed by atoms with E-state index in [9.17, 15) is 0 Å². The topological polar surface area (TPSA) is 39.9 Å². The molecule has 2 rings (SSSR count). The van der Waals surface area contributed by atoms with Crippen LogP contribution in [0, 0.1) is 0 Å². The molecular weight excluding hydrogens is 238 g/mol. The van der Waals surface area contributed by atoms with E-state index in [2.05, 4.69) is 14.5 Å². The number of unbranched alkanes of at least 4 members (excludes halogenated alkanes) is 1. The minimum Gasteiger partial charge on any atom is -0.385 e. The van der Waals surface area contributed by atoms with Crippen LogP contribution < -0.4 is 0 Å². The predicted octanol–water partition coefficient (Wildman–Crippen LogP) is 2.60. The molecule has 0 atom stereocenters. The van der Waals surface area contributed by atoms with Crippen LogP contribution in [0.1, 0.15) is 18.7 Å². The Morgan fingerprint density at radius 2 is 2.29 bits per heavy atom. The van der Waals surface area contributed by atoms with Gasteiger partial charge < -0.3 is 9.30 Å². The van der Waals surface area contributed by atoms with Gasteiger partial charge in [0.25, 0.3) is 0 Å². The van der Waals surface area contributed by atoms with Crippen LogP contribution in [-0.2, 0) is 17.2 Å². The molecule has 92 valence electrons. The zero-order valence-electron chi connectivity index (χ0n) is 9.90. The number of pyridine rings is 1. The maximum Gasteiger partial charge on any atom is 0.124 e. The van der Waals surface area contributed by atoms with Crippen molar-refractivity contribution in [3.05, 3.63) is 24.3 Å². The van der Waals surface area contributed by atoms with Gasteiger partial charge in [-0.2, -0.15) is 0 Å². The van der Waals surface area contributed by atoms with Crippen LogP contribution in [0.3, 0.4) is 0 Å². The molecule has 0 aliphatic rings. The molecule has 2 aromatic rings. The maximum atomic E-state index is 5.92. The highest BCUT2D eigenvalue weighted by Crippen LogP contribution is 2.17. The lowest BCUT2D eigenvalue weighted by Gasteiger charge is -2.07. The fourth-order valence-corrected chi connectivity index (χ4v) is 2.10. The maximum absolute atomic E-state index is 5.92. The lowest BCUT2D eigenvalue weighted by molar-refractivity contribution is 0.191. The van der Waals surface area contributed by atoms with Gasteiger partial charge in [-0.05, 0) is 18.9 Å². The molecule has 17 heavy (non-hydrogen) atoms. The third kappa shape index (κ3) is 2.76. The number of hydrogen-bond acceptors (Lipinski definition) is 3. The van der Waals surface area contributed by atoms with E-state index >= 15 is 0 Å². The molecule has 0 saturated carbocycles. The summed E-state index contributed by atoms with van der Waals surface area (Å²) >= 11 is 5.92. The van der Waals surface area contributed by atoms with E-state index in [0.29, 0.717) is 5.88 Å². The SMILES string of the molecule is COCCCCn1c(CCl)nc2cnccc21. The van der Waals surface area contributed by atoms with Crippen molar-refractivity contribution in [3.8, 4) is 0 Å². The van der Waals surface area contributed by atoms with Crippen LogP contribution in [0.5, 0.6) is 0 Å². The molecule has 0 saturated heterocycles. The molecule has 0 radical (unpaired) electrons. The number of nitrogens with zero attached hydrogens (tertiary/aromatic N) is 3. The molecule has 2 aromatic heterocycles. The second kappa shape index (κ2) is 5.98. The van der Waals surface area contributed by atoms with Crippen LogP contribution in [0.2, 0.25) is 0 Å². The zero-order valence-corrected chi connectivity index (χ0v) is 10.7. The van der Waals surface area contributed by atoms with Gasteiger partial charge in [-0.25, -0.2) is 4.98 Å². The Morgan fingerprint density at radius 1 is 1.41 bits per heavy atom. The third-order valence-electron chi connectivity index (χ3n) is 2.73. The smallest absolute Gasteiger partial charge is 0.124 e. The third-order valence-corrected chi connectivity index (χ3v) is 2.97. The lowest BCUT2D eigenvalue weighted by Crippen LogP contribution is -2.03. The summed E-state index contributed by atoms with van der Waals surface area (Å²) in [7, 11) is 1.72. The lowest BCUT2D eigenvalue weighted by atomic mass is 10.3. The van der Waals surface area contributed by atoms with E-state index in [4.69, 9.17) is 16.3 Å². The van der Waals surface area contributed by atoms with Gasteiger partial charge in [-0.1, -0.05) is 0 Å². The molecule has 0 amide bonds. The minimum absolute atomic E-state index is 0.430. The molecule has 0 aliphatic carbocycles. The average molecular weight is 254 g/mol. The van der Waals surface area contributed by atoms with Gasteiger partial charge >= 0.3 is 0 Å². The van der Waals surface area contributed by atoms with E-state index in [-0.39, 0.29) is 0 Å². The van der Waals surface area contributed by atoms with Crippen LogP contribution in [-0.4, -0.2) is 28.3 Å². The highest BCUT2D eigenvalue weighted by molar-refractivity contribution is 6.16. The van der Waals surface area contributed by atoms with Crippen LogP contribution in [0.4, 0.5) is 0 Å². The van der Waals surface area contributed by atoms with Crippen molar-refractivity contribution in [3.63, 3.8) is 0 Å². The van der Waals surface area contributed by atoms with Gasteiger partial charge in [0.1, 0.15) is 11.3 Å². The molecule has 2 heterocycles. The molecule has 0 aliphatic heterocycles. The first-order chi connectivity index (χ1) is 8.36. The molecule has 0 spiro atoms. The number of imidazole rings is 1. The first-order valence-electron chi connectivity index (χ1n) is 5.71. The summed E-state index contributed by atoms with van der Waals surface area (Å²) in [4.78, 5) is 8.54. The number of hydrogen-bond donors (Lipinski definition) is 0. The monoisotopic (exact) mass is 253 g/mol. The van der Waals surface area contributed by atoms with Gasteiger partial charge in [-0.15, -0.1) is 11.6 Å². The van der Waals surface area contributed by atoms with E-state index in [1.165, 1.54) is 0 Å². The number of aromatic nitrogens is 3. The Bertz CT molecular complexity index is 484. The molecule has 0 unspecified atom stereocenters. The van der Waals surface area contributed by atoms with Crippen molar-refractivity contribution in [1.29, 1.82) is 0 Å². The Labute approximate surface area is 106 Å². The van der Waals surface area contributed by atoms with E-state index in [1.54, 1.807) is 19.5 Å². The van der Waals surface area contributed by atoms with Crippen molar-refractivity contribution >= 4 is 22.6 Å². The van der Waals surface area contributed by atoms with Crippen molar-refractivity contribution in [1.82, 2.24) is 14.5 Å². The second-order valence-corrected chi connectivity index (χ2v) is 4.14. The van der Waals surface area contributed by atoms with Crippen molar-refractivity contribution in [2.75, 3.05) is 13.7 Å². The summed E-state index contributed by atoms with van der Waals surface area (Å²) < 4.78 is 7.21. The standard InChI is InChI=1S/C12H16ClN3O/c1-17-7-3-2-6-16-11-4-5-14-9-10(11)15-12(16)8-13/h4-5,9H,2-3,6-8H2,1H3. The Kier molecular flexibility index (Phi) is 4.34. The van der Waals surface area contributed by atoms with Gasteiger partial charge in [-0.3, -0.25) is 4.98 Å². The molecule has 4 nitrogen and oxygen atoms in total. The van der Waals surface area contributed by atoms with E-state index in [0.717, 1.165) is 42.9 Å². The van der Waals surface area contributed by atoms with E-state index < -0.39 is 0 Å². The highest BCUT2D eigenvalue weighted by Gasteiger charge is 2.08. The van der Waals surface area contributed by atoms with Crippen LogP contribution >= 0.6 is 11.6 Å². The summed E-state index contributed by atoms with van der Waals surface area (Å²) in [5.41, 5.74) is 2.02. The Hall–Kier alpha value is -1.13. The summed E-state index contributed by atoms with van der Waals surface area (Å²) in [5, 5.41) is 0. The van der Waals surface area contributed by atoms with Gasteiger partial charge in [0.05, 0.1) is 17.6 Å². The summed E-state index contributed by atoms with van der Waals surface area (Å²) in [5.74, 6) is 1.34. The molecule has 0 N–H and O–H groups in total. The number of methoxy groups -OCH3 is 1. The fraction of sp³-hybridized carbons (Fsp3) is 0.500. The summed E-state index contributed by atoms with van der Waals surface area (Å²) in [6.07, 6.45) is 5.67. The second-order valence-electron chi connectivity index (χ2n) is 3.88. The van der Waals surface area contributed by atoms with Gasteiger partial charge in [0, 0.05) is 26.5 Å². The average Bonchev–Trinajstić information content (AvgIpc) is 2.73. The summed E-state index contributed by atoms with van der Waals surface area (Å²) in [6, 6.07) is 1.98. The number of ether oxygens (including phenoxy) is 1. The van der Waals surface area contributed by atoms with E-state index in [1.807, 2.05) is 6.07 Å². The normalized spacial score (nSPS) is 11.2. The fourth-order valence-electron chi connectivity index (χ4n) is 1.90. The highest BCUT2D eigenvalue weighted by atomic mass is 35.5. The van der Waals surface area contributed by atoms with Gasteiger partial charge in [0.2, 0.25) is 0 Å². The number of fused-ring (bicyclic) bond motifs is 1. The largest absolute Gasteiger partial charge is 0.385 e. The molecule has 0 aromatic carbocycles. The van der Waals surface area contributed by atoms with Crippen molar-refractivity contribution in [2.24, 2.45) is 0 Å². The van der Waals surface area contributed by atoms with Crippen LogP contribution in [0.15, 0.2) is 18.5 Å². The first kappa shape index (κ1) is 12.3. The molecule has 0 fully saturated rings. The predicted molar refractivity (Wildman–Crippen MR) is 68.2 cm³/mol. The van der Waals surface area contributed by atoms with Crippen LogP contribution in [0.25, 0.3) is 11.0 Å². The Balaban J connectivity index is 2.18.